The van der Waals surface area contributed by atoms with Gasteiger partial charge in [0.1, 0.15) is 0 Å². The van der Waals surface area contributed by atoms with Crippen LogP contribution in [-0.2, 0) is 20.9 Å². The second kappa shape index (κ2) is 5.95. The molecular formula is C19H23N3O3. The third-order valence-corrected chi connectivity index (χ3v) is 5.89. The van der Waals surface area contributed by atoms with Crippen molar-refractivity contribution < 1.29 is 14.3 Å². The first-order valence-corrected chi connectivity index (χ1v) is 8.78. The number of aryl methyl sites for hydroxylation is 1. The predicted molar refractivity (Wildman–Crippen MR) is 92.9 cm³/mol. The largest absolute Gasteiger partial charge is 0.383 e. The summed E-state index contributed by atoms with van der Waals surface area (Å²) in [6.45, 7) is 5.44. The van der Waals surface area contributed by atoms with Crippen molar-refractivity contribution in [1.29, 1.82) is 0 Å². The van der Waals surface area contributed by atoms with Gasteiger partial charge in [-0.15, -0.1) is 0 Å². The molecule has 1 aromatic rings. The number of aromatic nitrogens is 1. The number of nitrogens with zero attached hydrogens (tertiary/aromatic N) is 3. The zero-order chi connectivity index (χ0) is 17.7. The number of allylic oxidation sites excluding steroid dienone is 2. The molecule has 0 aromatic carbocycles. The van der Waals surface area contributed by atoms with E-state index in [-0.39, 0.29) is 35.5 Å². The van der Waals surface area contributed by atoms with Gasteiger partial charge < -0.3 is 9.30 Å². The molecular weight excluding hydrogens is 318 g/mol. The maximum atomic E-state index is 12.6. The molecule has 6 heteroatoms. The van der Waals surface area contributed by atoms with Crippen LogP contribution in [0, 0.1) is 37.5 Å². The summed E-state index contributed by atoms with van der Waals surface area (Å²) in [4.78, 5) is 25.3. The van der Waals surface area contributed by atoms with Crippen molar-refractivity contribution >= 4 is 18.0 Å². The lowest BCUT2D eigenvalue weighted by Gasteiger charge is -2.13. The number of imide groups is 1. The van der Waals surface area contributed by atoms with Crippen molar-refractivity contribution in [3.8, 4) is 0 Å². The molecule has 3 aliphatic rings. The average molecular weight is 341 g/mol. The molecule has 2 fully saturated rings. The van der Waals surface area contributed by atoms with Crippen molar-refractivity contribution in [2.45, 2.75) is 26.8 Å². The Morgan fingerprint density at radius 2 is 1.84 bits per heavy atom. The Morgan fingerprint density at radius 1 is 1.20 bits per heavy atom. The summed E-state index contributed by atoms with van der Waals surface area (Å²) in [6, 6.07) is 2.02. The fourth-order valence-electron chi connectivity index (χ4n) is 4.61. The summed E-state index contributed by atoms with van der Waals surface area (Å²) in [5.41, 5.74) is 3.08. The molecule has 2 bridgehead atoms. The second-order valence-corrected chi connectivity index (χ2v) is 7.20. The van der Waals surface area contributed by atoms with Crippen LogP contribution in [0.5, 0.6) is 0 Å². The van der Waals surface area contributed by atoms with Gasteiger partial charge in [-0.3, -0.25) is 9.59 Å². The molecule has 2 heterocycles. The Kier molecular flexibility index (Phi) is 3.87. The van der Waals surface area contributed by atoms with Gasteiger partial charge in [0, 0.05) is 30.6 Å². The van der Waals surface area contributed by atoms with Crippen LogP contribution in [0.2, 0.25) is 0 Å². The number of fused-ring (bicyclic) bond motifs is 5. The van der Waals surface area contributed by atoms with Gasteiger partial charge in [0.05, 0.1) is 24.7 Å². The van der Waals surface area contributed by atoms with Gasteiger partial charge in [-0.05, 0) is 38.2 Å². The van der Waals surface area contributed by atoms with Gasteiger partial charge in [0.15, 0.2) is 0 Å². The number of rotatable bonds is 5. The van der Waals surface area contributed by atoms with E-state index in [0.29, 0.717) is 6.61 Å². The van der Waals surface area contributed by atoms with Gasteiger partial charge in [0.2, 0.25) is 0 Å². The van der Waals surface area contributed by atoms with Crippen LogP contribution in [0.3, 0.4) is 0 Å². The van der Waals surface area contributed by atoms with E-state index in [1.165, 1.54) is 0 Å². The van der Waals surface area contributed by atoms with E-state index in [0.717, 1.165) is 34.9 Å². The van der Waals surface area contributed by atoms with E-state index < -0.39 is 0 Å². The molecule has 1 aromatic heterocycles. The number of amides is 2. The minimum atomic E-state index is -0.200. The molecule has 1 saturated carbocycles. The minimum absolute atomic E-state index is 0.142. The van der Waals surface area contributed by atoms with Crippen LogP contribution in [0.4, 0.5) is 0 Å². The minimum Gasteiger partial charge on any atom is -0.383 e. The van der Waals surface area contributed by atoms with Gasteiger partial charge in [-0.25, -0.2) is 0 Å². The Bertz CT molecular complexity index is 762. The standard InChI is InChI=1S/C19H23N3O3/c1-11-8-15(12(2)21(11)6-7-25-3)10-20-22-18(23)16-13-4-5-14(9-13)17(16)19(22)24/h4-5,8,10,13-14,16-17H,6-7,9H2,1-3H3. The van der Waals surface area contributed by atoms with Gasteiger partial charge in [-0.2, -0.15) is 10.1 Å². The fraction of sp³-hybridized carbons (Fsp3) is 0.526. The molecule has 132 valence electrons. The van der Waals surface area contributed by atoms with E-state index in [9.17, 15) is 9.59 Å². The first-order chi connectivity index (χ1) is 12.0. The maximum Gasteiger partial charge on any atom is 0.254 e. The Hall–Kier alpha value is -2.21. The SMILES string of the molecule is COCCn1c(C)cc(C=NN2C(=O)C3C4C=CC(C4)C3C2=O)c1C. The van der Waals surface area contributed by atoms with E-state index in [4.69, 9.17) is 4.74 Å². The molecule has 25 heavy (non-hydrogen) atoms. The normalized spacial score (nSPS) is 30.3. The Morgan fingerprint density at radius 3 is 2.44 bits per heavy atom. The number of carbonyl (C=O) groups excluding carboxylic acids is 2. The van der Waals surface area contributed by atoms with Gasteiger partial charge >= 0.3 is 0 Å². The molecule has 1 saturated heterocycles. The highest BCUT2D eigenvalue weighted by Crippen LogP contribution is 2.52. The molecule has 2 aliphatic carbocycles. The molecule has 0 N–H and O–H groups in total. The fourth-order valence-corrected chi connectivity index (χ4v) is 4.61. The van der Waals surface area contributed by atoms with Crippen LogP contribution in [0.1, 0.15) is 23.4 Å². The van der Waals surface area contributed by atoms with Crippen LogP contribution in [0.15, 0.2) is 23.3 Å². The van der Waals surface area contributed by atoms with Crippen molar-refractivity contribution in [3.05, 3.63) is 35.2 Å². The van der Waals surface area contributed by atoms with Gasteiger partial charge in [-0.1, -0.05) is 12.2 Å². The lowest BCUT2D eigenvalue weighted by molar-refractivity contribution is -0.140. The number of ether oxygens (including phenoxy) is 1. The molecule has 4 unspecified atom stereocenters. The van der Waals surface area contributed by atoms with Crippen LogP contribution < -0.4 is 0 Å². The lowest BCUT2D eigenvalue weighted by Crippen LogP contribution is -2.28. The topological polar surface area (TPSA) is 63.9 Å². The van der Waals surface area contributed by atoms with Crippen LogP contribution in [-0.4, -0.2) is 41.3 Å². The Balaban J connectivity index is 1.55. The number of methoxy groups -OCH3 is 1. The zero-order valence-electron chi connectivity index (χ0n) is 14.8. The summed E-state index contributed by atoms with van der Waals surface area (Å²) >= 11 is 0. The van der Waals surface area contributed by atoms with Crippen molar-refractivity contribution in [2.24, 2.45) is 28.8 Å². The predicted octanol–water partition coefficient (Wildman–Crippen LogP) is 1.89. The number of carbonyl (C=O) groups is 2. The monoisotopic (exact) mass is 341 g/mol. The average Bonchev–Trinajstić information content (AvgIpc) is 3.31. The van der Waals surface area contributed by atoms with Crippen LogP contribution in [0.25, 0.3) is 0 Å². The zero-order valence-corrected chi connectivity index (χ0v) is 14.8. The third kappa shape index (κ3) is 2.39. The quantitative estimate of drug-likeness (QED) is 0.467. The van der Waals surface area contributed by atoms with E-state index in [1.54, 1.807) is 13.3 Å². The third-order valence-electron chi connectivity index (χ3n) is 5.89. The summed E-state index contributed by atoms with van der Waals surface area (Å²) in [7, 11) is 1.68. The van der Waals surface area contributed by atoms with E-state index in [2.05, 4.69) is 21.8 Å². The molecule has 1 aliphatic heterocycles. The smallest absolute Gasteiger partial charge is 0.254 e. The maximum absolute atomic E-state index is 12.6. The van der Waals surface area contributed by atoms with Crippen molar-refractivity contribution in [2.75, 3.05) is 13.7 Å². The molecule has 6 nitrogen and oxygen atoms in total. The van der Waals surface area contributed by atoms with Crippen LogP contribution >= 0.6 is 0 Å². The second-order valence-electron chi connectivity index (χ2n) is 7.20. The Labute approximate surface area is 147 Å². The molecule has 0 spiro atoms. The summed E-state index contributed by atoms with van der Waals surface area (Å²) in [5.74, 6) is -0.258. The first-order valence-electron chi connectivity index (χ1n) is 8.78. The number of hydrogen-bond donors (Lipinski definition) is 0. The van der Waals surface area contributed by atoms with E-state index in [1.807, 2.05) is 19.9 Å². The van der Waals surface area contributed by atoms with Crippen molar-refractivity contribution in [3.63, 3.8) is 0 Å². The summed E-state index contributed by atoms with van der Waals surface area (Å²) < 4.78 is 7.29. The number of hydrazone groups is 1. The highest BCUT2D eigenvalue weighted by Gasteiger charge is 2.59. The summed E-state index contributed by atoms with van der Waals surface area (Å²) in [6.07, 6.45) is 6.75. The molecule has 0 radical (unpaired) electrons. The molecule has 4 atom stereocenters. The first kappa shape index (κ1) is 16.3. The molecule has 2 amide bonds. The lowest BCUT2D eigenvalue weighted by atomic mass is 9.85. The molecule has 4 rings (SSSR count). The highest BCUT2D eigenvalue weighted by molar-refractivity contribution is 6.06. The van der Waals surface area contributed by atoms with Crippen molar-refractivity contribution in [1.82, 2.24) is 9.58 Å². The van der Waals surface area contributed by atoms with E-state index >= 15 is 0 Å². The summed E-state index contributed by atoms with van der Waals surface area (Å²) in [5, 5.41) is 5.37. The highest BCUT2D eigenvalue weighted by atomic mass is 16.5. The van der Waals surface area contributed by atoms with Gasteiger partial charge in [0.25, 0.3) is 11.8 Å². The number of hydrogen-bond acceptors (Lipinski definition) is 4.